The Morgan fingerprint density at radius 2 is 2.20 bits per heavy atom. The van der Waals surface area contributed by atoms with Crippen LogP contribution in [-0.2, 0) is 4.79 Å². The molecule has 1 aromatic heterocycles. The summed E-state index contributed by atoms with van der Waals surface area (Å²) in [6, 6.07) is 1.72. The van der Waals surface area contributed by atoms with Crippen molar-refractivity contribution in [2.24, 2.45) is 11.7 Å². The average Bonchev–Trinajstić information content (AvgIpc) is 2.35. The normalized spacial score (nSPS) is 23.5. The third kappa shape index (κ3) is 3.40. The van der Waals surface area contributed by atoms with Crippen molar-refractivity contribution in [2.45, 2.75) is 38.8 Å². The molecule has 4 nitrogen and oxygen atoms in total. The van der Waals surface area contributed by atoms with E-state index in [-0.39, 0.29) is 18.0 Å². The number of likely N-dealkylation sites (tertiary alicyclic amines) is 1. The Morgan fingerprint density at radius 1 is 1.50 bits per heavy atom. The molecule has 110 valence electrons. The van der Waals surface area contributed by atoms with Crippen LogP contribution in [0.25, 0.3) is 0 Å². The van der Waals surface area contributed by atoms with Crippen molar-refractivity contribution in [3.63, 3.8) is 0 Å². The average molecular weight is 405 g/mol. The number of pyridine rings is 1. The van der Waals surface area contributed by atoms with Crippen LogP contribution in [0.1, 0.15) is 38.4 Å². The van der Waals surface area contributed by atoms with Gasteiger partial charge in [0.15, 0.2) is 0 Å². The van der Waals surface area contributed by atoms with Crippen LogP contribution in [0, 0.1) is 5.92 Å². The minimum absolute atomic E-state index is 0.0728. The maximum absolute atomic E-state index is 12.3. The molecular weight excluding hydrogens is 386 g/mol. The summed E-state index contributed by atoms with van der Waals surface area (Å²) >= 11 is 6.94. The predicted octanol–water partition coefficient (Wildman–Crippen LogP) is 3.25. The molecule has 0 saturated carbocycles. The zero-order chi connectivity index (χ0) is 14.9. The molecule has 6 heteroatoms. The van der Waals surface area contributed by atoms with Crippen LogP contribution in [-0.4, -0.2) is 28.4 Å². The minimum atomic E-state index is -0.152. The Balaban J connectivity index is 2.39. The lowest BCUT2D eigenvalue weighted by atomic mass is 9.92. The molecule has 1 saturated heterocycles. The Morgan fingerprint density at radius 3 is 2.80 bits per heavy atom. The number of nitrogens with zero attached hydrogens (tertiary/aromatic N) is 2. The van der Waals surface area contributed by atoms with E-state index in [2.05, 4.69) is 50.7 Å². The molecule has 20 heavy (non-hydrogen) atoms. The van der Waals surface area contributed by atoms with Crippen molar-refractivity contribution >= 4 is 37.8 Å². The molecule has 1 aliphatic rings. The van der Waals surface area contributed by atoms with E-state index >= 15 is 0 Å². The second-order valence-electron chi connectivity index (χ2n) is 5.61. The third-order valence-electron chi connectivity index (χ3n) is 3.43. The molecule has 1 aromatic rings. The number of nitrogens with two attached hydrogens (primary N) is 1. The predicted molar refractivity (Wildman–Crippen MR) is 86.1 cm³/mol. The maximum Gasteiger partial charge on any atom is 0.223 e. The van der Waals surface area contributed by atoms with Gasteiger partial charge in [-0.3, -0.25) is 9.78 Å². The molecule has 1 amide bonds. The molecule has 0 bridgehead atoms. The van der Waals surface area contributed by atoms with Crippen molar-refractivity contribution < 1.29 is 4.79 Å². The number of hydrogen-bond acceptors (Lipinski definition) is 3. The fraction of sp³-hybridized carbons (Fsp3) is 0.571. The summed E-state index contributed by atoms with van der Waals surface area (Å²) in [6.45, 7) is 4.92. The molecule has 0 spiro atoms. The van der Waals surface area contributed by atoms with E-state index < -0.39 is 0 Å². The van der Waals surface area contributed by atoms with Gasteiger partial charge in [-0.1, -0.05) is 13.8 Å². The molecule has 0 radical (unpaired) electrons. The number of rotatable bonds is 3. The summed E-state index contributed by atoms with van der Waals surface area (Å²) in [5.41, 5.74) is 7.12. The standard InChI is InChI=1S/C14H19Br2N3O/c1-8(2)7-19-12(20)4-3-11(17)14(19)13-10(16)5-9(15)6-18-13/h5-6,8,11,14H,3-4,7,17H2,1-2H3. The molecular formula is C14H19Br2N3O. The van der Waals surface area contributed by atoms with Gasteiger partial charge < -0.3 is 10.6 Å². The second-order valence-corrected chi connectivity index (χ2v) is 7.38. The number of aromatic nitrogens is 1. The Kier molecular flexibility index (Phi) is 5.20. The van der Waals surface area contributed by atoms with E-state index in [9.17, 15) is 4.79 Å². The highest BCUT2D eigenvalue weighted by Gasteiger charge is 2.36. The zero-order valence-corrected chi connectivity index (χ0v) is 14.8. The van der Waals surface area contributed by atoms with E-state index in [1.807, 2.05) is 11.0 Å². The first-order chi connectivity index (χ1) is 9.40. The van der Waals surface area contributed by atoms with E-state index in [4.69, 9.17) is 5.73 Å². The summed E-state index contributed by atoms with van der Waals surface area (Å²) in [4.78, 5) is 18.6. The minimum Gasteiger partial charge on any atom is -0.332 e. The molecule has 0 aromatic carbocycles. The first-order valence-corrected chi connectivity index (χ1v) is 8.34. The van der Waals surface area contributed by atoms with Gasteiger partial charge in [-0.15, -0.1) is 0 Å². The van der Waals surface area contributed by atoms with E-state index in [1.54, 1.807) is 6.20 Å². The van der Waals surface area contributed by atoms with Gasteiger partial charge in [-0.05, 0) is 50.3 Å². The molecule has 1 aliphatic heterocycles. The fourth-order valence-corrected chi connectivity index (χ4v) is 3.80. The number of carbonyl (C=O) groups excluding carboxylic acids is 1. The first-order valence-electron chi connectivity index (χ1n) is 6.76. The molecule has 2 heterocycles. The summed E-state index contributed by atoms with van der Waals surface area (Å²) in [5, 5.41) is 0. The van der Waals surface area contributed by atoms with E-state index in [1.165, 1.54) is 0 Å². The fourth-order valence-electron chi connectivity index (χ4n) is 2.58. The van der Waals surface area contributed by atoms with E-state index in [0.717, 1.165) is 14.6 Å². The monoisotopic (exact) mass is 403 g/mol. The van der Waals surface area contributed by atoms with Crippen molar-refractivity contribution in [1.82, 2.24) is 9.88 Å². The molecule has 2 N–H and O–H groups in total. The molecule has 2 unspecified atom stereocenters. The van der Waals surface area contributed by atoms with Gasteiger partial charge in [0.05, 0.1) is 11.7 Å². The van der Waals surface area contributed by atoms with Crippen LogP contribution < -0.4 is 5.73 Å². The zero-order valence-electron chi connectivity index (χ0n) is 11.6. The highest BCUT2D eigenvalue weighted by Crippen LogP contribution is 2.35. The van der Waals surface area contributed by atoms with Crippen molar-refractivity contribution in [3.8, 4) is 0 Å². The van der Waals surface area contributed by atoms with Gasteiger partial charge in [-0.25, -0.2) is 0 Å². The maximum atomic E-state index is 12.3. The largest absolute Gasteiger partial charge is 0.332 e. The van der Waals surface area contributed by atoms with Crippen LogP contribution in [0.5, 0.6) is 0 Å². The SMILES string of the molecule is CC(C)CN1C(=O)CCC(N)C1c1ncc(Br)cc1Br. The van der Waals surface area contributed by atoms with Gasteiger partial charge in [0.1, 0.15) is 0 Å². The first kappa shape index (κ1) is 15.9. The van der Waals surface area contributed by atoms with Crippen LogP contribution >= 0.6 is 31.9 Å². The summed E-state index contributed by atoms with van der Waals surface area (Å²) in [6.07, 6.45) is 2.99. The highest BCUT2D eigenvalue weighted by molar-refractivity contribution is 9.11. The summed E-state index contributed by atoms with van der Waals surface area (Å²) in [7, 11) is 0. The van der Waals surface area contributed by atoms with Crippen molar-refractivity contribution in [2.75, 3.05) is 6.54 Å². The van der Waals surface area contributed by atoms with Crippen LogP contribution in [0.4, 0.5) is 0 Å². The van der Waals surface area contributed by atoms with Gasteiger partial charge in [-0.2, -0.15) is 0 Å². The smallest absolute Gasteiger partial charge is 0.223 e. The quantitative estimate of drug-likeness (QED) is 0.840. The van der Waals surface area contributed by atoms with Gasteiger partial charge in [0.2, 0.25) is 5.91 Å². The molecule has 1 fully saturated rings. The van der Waals surface area contributed by atoms with E-state index in [0.29, 0.717) is 25.3 Å². The number of amides is 1. The van der Waals surface area contributed by atoms with Crippen molar-refractivity contribution in [3.05, 3.63) is 26.9 Å². The van der Waals surface area contributed by atoms with Gasteiger partial charge in [0, 0.05) is 34.1 Å². The van der Waals surface area contributed by atoms with Gasteiger partial charge >= 0.3 is 0 Å². The Labute approximate surface area is 136 Å². The topological polar surface area (TPSA) is 59.2 Å². The molecule has 2 rings (SSSR count). The summed E-state index contributed by atoms with van der Waals surface area (Å²) in [5.74, 6) is 0.572. The molecule has 2 atom stereocenters. The summed E-state index contributed by atoms with van der Waals surface area (Å²) < 4.78 is 1.79. The Hall–Kier alpha value is -0.460. The van der Waals surface area contributed by atoms with Crippen LogP contribution in [0.2, 0.25) is 0 Å². The lowest BCUT2D eigenvalue weighted by Crippen LogP contribution is -2.50. The second kappa shape index (κ2) is 6.54. The highest BCUT2D eigenvalue weighted by atomic mass is 79.9. The lowest BCUT2D eigenvalue weighted by molar-refractivity contribution is -0.138. The number of piperidine rings is 1. The third-order valence-corrected chi connectivity index (χ3v) is 4.50. The van der Waals surface area contributed by atoms with Gasteiger partial charge in [0.25, 0.3) is 0 Å². The number of hydrogen-bond donors (Lipinski definition) is 1. The lowest BCUT2D eigenvalue weighted by Gasteiger charge is -2.40. The number of carbonyl (C=O) groups is 1. The number of halogens is 2. The molecule has 0 aliphatic carbocycles. The Bertz CT molecular complexity index is 507. The van der Waals surface area contributed by atoms with Crippen LogP contribution in [0.3, 0.4) is 0 Å². The van der Waals surface area contributed by atoms with Crippen LogP contribution in [0.15, 0.2) is 21.2 Å². The van der Waals surface area contributed by atoms with Crippen molar-refractivity contribution in [1.29, 1.82) is 0 Å².